The molecular formula is C14H16F3NO. The van der Waals surface area contributed by atoms with Crippen LogP contribution in [0, 0.1) is 0 Å². The molecule has 1 aromatic carbocycles. The van der Waals surface area contributed by atoms with E-state index >= 15 is 0 Å². The van der Waals surface area contributed by atoms with E-state index in [1.165, 1.54) is 12.1 Å². The van der Waals surface area contributed by atoms with Crippen molar-refractivity contribution in [2.24, 2.45) is 5.73 Å². The van der Waals surface area contributed by atoms with Gasteiger partial charge in [0.05, 0.1) is 17.8 Å². The molecule has 2 N–H and O–H groups in total. The number of alkyl halides is 3. The number of benzene rings is 1. The predicted octanol–water partition coefficient (Wildman–Crippen LogP) is 2.90. The van der Waals surface area contributed by atoms with Gasteiger partial charge in [0.15, 0.2) is 0 Å². The summed E-state index contributed by atoms with van der Waals surface area (Å²) in [6.07, 6.45) is -0.991. The van der Waals surface area contributed by atoms with Crippen LogP contribution in [0.4, 0.5) is 13.2 Å². The van der Waals surface area contributed by atoms with Crippen molar-refractivity contribution in [1.82, 2.24) is 0 Å². The van der Waals surface area contributed by atoms with Crippen molar-refractivity contribution >= 4 is 0 Å². The molecule has 2 saturated heterocycles. The Hall–Kier alpha value is -1.07. The number of nitrogens with two attached hydrogens (primary N) is 1. The number of fused-ring (bicyclic) bond motifs is 2. The topological polar surface area (TPSA) is 35.2 Å². The van der Waals surface area contributed by atoms with E-state index in [9.17, 15) is 13.2 Å². The number of rotatable bonds is 2. The molecule has 2 aliphatic rings. The summed E-state index contributed by atoms with van der Waals surface area (Å²) in [5.74, 6) is 0. The lowest BCUT2D eigenvalue weighted by atomic mass is 9.78. The van der Waals surface area contributed by atoms with Crippen LogP contribution < -0.4 is 5.73 Å². The maximum Gasteiger partial charge on any atom is 0.416 e. The van der Waals surface area contributed by atoms with Crippen LogP contribution in [0.5, 0.6) is 0 Å². The largest absolute Gasteiger partial charge is 0.416 e. The lowest BCUT2D eigenvalue weighted by Crippen LogP contribution is -2.50. The molecule has 1 aromatic rings. The summed E-state index contributed by atoms with van der Waals surface area (Å²) in [6.45, 7) is 0. The van der Waals surface area contributed by atoms with Crippen LogP contribution in [0.15, 0.2) is 24.3 Å². The zero-order valence-corrected chi connectivity index (χ0v) is 10.4. The van der Waals surface area contributed by atoms with Crippen LogP contribution in [-0.4, -0.2) is 17.7 Å². The van der Waals surface area contributed by atoms with E-state index in [1.54, 1.807) is 6.07 Å². The predicted molar refractivity (Wildman–Crippen MR) is 64.6 cm³/mol. The highest BCUT2D eigenvalue weighted by atomic mass is 19.4. The highest BCUT2D eigenvalue weighted by Gasteiger charge is 2.49. The fourth-order valence-corrected chi connectivity index (χ4v) is 3.26. The number of ether oxygens (including phenoxy) is 1. The lowest BCUT2D eigenvalue weighted by molar-refractivity contribution is -0.137. The Morgan fingerprint density at radius 2 is 2.11 bits per heavy atom. The molecule has 0 amide bonds. The SMILES string of the molecule is NC1(Cc2cccc(C(F)(F)F)c2)CC2CCC1O2. The summed E-state index contributed by atoms with van der Waals surface area (Å²) in [5, 5.41) is 0. The minimum Gasteiger partial charge on any atom is -0.373 e. The smallest absolute Gasteiger partial charge is 0.373 e. The molecule has 2 bridgehead atoms. The van der Waals surface area contributed by atoms with E-state index in [2.05, 4.69) is 0 Å². The summed E-state index contributed by atoms with van der Waals surface area (Å²) >= 11 is 0. The second-order valence-corrected chi connectivity index (χ2v) is 5.64. The minimum absolute atomic E-state index is 0.00737. The fraction of sp³-hybridized carbons (Fsp3) is 0.571. The van der Waals surface area contributed by atoms with Crippen LogP contribution in [0.3, 0.4) is 0 Å². The normalized spacial score (nSPS) is 33.9. The summed E-state index contributed by atoms with van der Waals surface area (Å²) in [5.41, 5.74) is 5.84. The molecule has 5 heteroatoms. The van der Waals surface area contributed by atoms with Gasteiger partial charge in [-0.2, -0.15) is 13.2 Å². The summed E-state index contributed by atoms with van der Waals surface area (Å²) in [7, 11) is 0. The Labute approximate surface area is 109 Å². The van der Waals surface area contributed by atoms with Gasteiger partial charge in [-0.05, 0) is 37.3 Å². The van der Waals surface area contributed by atoms with Crippen LogP contribution in [0.2, 0.25) is 0 Å². The highest BCUT2D eigenvalue weighted by molar-refractivity contribution is 5.28. The first kappa shape index (κ1) is 12.9. The van der Waals surface area contributed by atoms with E-state index in [1.807, 2.05) is 0 Å². The van der Waals surface area contributed by atoms with Gasteiger partial charge in [0, 0.05) is 5.54 Å². The Kier molecular flexibility index (Phi) is 2.87. The molecule has 19 heavy (non-hydrogen) atoms. The number of halogens is 3. The molecule has 0 aliphatic carbocycles. The van der Waals surface area contributed by atoms with E-state index < -0.39 is 17.3 Å². The van der Waals surface area contributed by atoms with Crippen molar-refractivity contribution in [1.29, 1.82) is 0 Å². The summed E-state index contributed by atoms with van der Waals surface area (Å²) in [6, 6.07) is 5.43. The van der Waals surface area contributed by atoms with Gasteiger partial charge in [0.2, 0.25) is 0 Å². The molecule has 0 saturated carbocycles. The second-order valence-electron chi connectivity index (χ2n) is 5.64. The van der Waals surface area contributed by atoms with Gasteiger partial charge in [-0.15, -0.1) is 0 Å². The average molecular weight is 271 g/mol. The van der Waals surface area contributed by atoms with Crippen molar-refractivity contribution in [3.05, 3.63) is 35.4 Å². The van der Waals surface area contributed by atoms with E-state index in [0.29, 0.717) is 12.0 Å². The second kappa shape index (κ2) is 4.21. The molecule has 0 radical (unpaired) electrons. The van der Waals surface area contributed by atoms with Gasteiger partial charge in [0.25, 0.3) is 0 Å². The molecule has 2 fully saturated rings. The maximum atomic E-state index is 12.7. The number of hydrogen-bond donors (Lipinski definition) is 1. The zero-order chi connectivity index (χ0) is 13.7. The van der Waals surface area contributed by atoms with Crippen molar-refractivity contribution in [3.63, 3.8) is 0 Å². The quantitative estimate of drug-likeness (QED) is 0.897. The van der Waals surface area contributed by atoms with Gasteiger partial charge in [-0.25, -0.2) is 0 Å². The van der Waals surface area contributed by atoms with E-state index in [4.69, 9.17) is 10.5 Å². The van der Waals surface area contributed by atoms with E-state index in [-0.39, 0.29) is 12.2 Å². The van der Waals surface area contributed by atoms with Gasteiger partial charge in [0.1, 0.15) is 0 Å². The maximum absolute atomic E-state index is 12.7. The van der Waals surface area contributed by atoms with Crippen LogP contribution >= 0.6 is 0 Å². The first-order chi connectivity index (χ1) is 8.87. The van der Waals surface area contributed by atoms with Crippen LogP contribution in [0.1, 0.15) is 30.4 Å². The Balaban J connectivity index is 1.80. The fourth-order valence-electron chi connectivity index (χ4n) is 3.26. The zero-order valence-electron chi connectivity index (χ0n) is 10.4. The first-order valence-electron chi connectivity index (χ1n) is 6.47. The molecule has 3 unspecified atom stereocenters. The molecule has 3 atom stereocenters. The minimum atomic E-state index is -4.30. The first-order valence-corrected chi connectivity index (χ1v) is 6.47. The van der Waals surface area contributed by atoms with Crippen LogP contribution in [-0.2, 0) is 17.3 Å². The summed E-state index contributed by atoms with van der Waals surface area (Å²) in [4.78, 5) is 0. The van der Waals surface area contributed by atoms with E-state index in [0.717, 1.165) is 25.3 Å². The molecule has 0 spiro atoms. The molecule has 2 heterocycles. The molecule has 2 nitrogen and oxygen atoms in total. The van der Waals surface area contributed by atoms with Crippen molar-refractivity contribution < 1.29 is 17.9 Å². The molecule has 104 valence electrons. The van der Waals surface area contributed by atoms with Crippen molar-refractivity contribution in [2.45, 2.75) is 49.6 Å². The molecule has 0 aromatic heterocycles. The lowest BCUT2D eigenvalue weighted by Gasteiger charge is -2.31. The average Bonchev–Trinajstić information content (AvgIpc) is 2.87. The Bertz CT molecular complexity index is 488. The third kappa shape index (κ3) is 2.37. The van der Waals surface area contributed by atoms with Gasteiger partial charge >= 0.3 is 6.18 Å². The van der Waals surface area contributed by atoms with Gasteiger partial charge < -0.3 is 10.5 Å². The Morgan fingerprint density at radius 3 is 2.68 bits per heavy atom. The summed E-state index contributed by atoms with van der Waals surface area (Å²) < 4.78 is 43.7. The Morgan fingerprint density at radius 1 is 1.32 bits per heavy atom. The molecule has 2 aliphatic heterocycles. The molecular weight excluding hydrogens is 255 g/mol. The number of hydrogen-bond acceptors (Lipinski definition) is 2. The van der Waals surface area contributed by atoms with Crippen LogP contribution in [0.25, 0.3) is 0 Å². The van der Waals surface area contributed by atoms with Crippen molar-refractivity contribution in [3.8, 4) is 0 Å². The van der Waals surface area contributed by atoms with Gasteiger partial charge in [-0.3, -0.25) is 0 Å². The highest BCUT2D eigenvalue weighted by Crippen LogP contribution is 2.42. The molecule has 3 rings (SSSR count). The van der Waals surface area contributed by atoms with Gasteiger partial charge in [-0.1, -0.05) is 18.2 Å². The third-order valence-electron chi connectivity index (χ3n) is 4.14. The van der Waals surface area contributed by atoms with Crippen molar-refractivity contribution in [2.75, 3.05) is 0 Å². The third-order valence-corrected chi connectivity index (χ3v) is 4.14. The standard InChI is InChI=1S/C14H16F3NO/c15-14(16,17)10-3-1-2-9(6-10)7-13(18)8-11-4-5-12(13)19-11/h1-3,6,11-12H,4-5,7-8,18H2. The monoisotopic (exact) mass is 271 g/mol.